The summed E-state index contributed by atoms with van der Waals surface area (Å²) in [5.41, 5.74) is 0.994. The van der Waals surface area contributed by atoms with Crippen LogP contribution in [-0.2, 0) is 14.8 Å². The molecular weight excluding hydrogens is 368 g/mol. The highest BCUT2D eigenvalue weighted by atomic mass is 32.2. The Morgan fingerprint density at radius 3 is 2.59 bits per heavy atom. The fourth-order valence-electron chi connectivity index (χ4n) is 3.39. The second kappa shape index (κ2) is 7.41. The van der Waals surface area contributed by atoms with Crippen molar-refractivity contribution in [2.45, 2.75) is 30.2 Å². The molecule has 3 heterocycles. The number of nitrogens with zero attached hydrogens (tertiary/aromatic N) is 3. The zero-order chi connectivity index (χ0) is 18.9. The quantitative estimate of drug-likeness (QED) is 0.841. The number of ether oxygens (including phenoxy) is 1. The Bertz CT molecular complexity index is 911. The number of benzene rings is 1. The Labute approximate surface area is 158 Å². The maximum atomic E-state index is 12.5. The van der Waals surface area contributed by atoms with Gasteiger partial charge in [-0.2, -0.15) is 9.40 Å². The van der Waals surface area contributed by atoms with E-state index in [9.17, 15) is 13.2 Å². The van der Waals surface area contributed by atoms with E-state index < -0.39 is 10.0 Å². The lowest BCUT2D eigenvalue weighted by Gasteiger charge is -2.15. The first-order valence-electron chi connectivity index (χ1n) is 9.07. The molecule has 0 spiro atoms. The normalized spacial score (nSPS) is 20.8. The van der Waals surface area contributed by atoms with Crippen LogP contribution in [-0.4, -0.2) is 54.7 Å². The zero-order valence-electron chi connectivity index (χ0n) is 14.9. The first kappa shape index (κ1) is 18.1. The third kappa shape index (κ3) is 3.76. The molecule has 144 valence electrons. The number of anilines is 1. The summed E-state index contributed by atoms with van der Waals surface area (Å²) in [4.78, 5) is 12.6. The van der Waals surface area contributed by atoms with Gasteiger partial charge in [0, 0.05) is 31.5 Å². The molecule has 2 aromatic rings. The van der Waals surface area contributed by atoms with Crippen molar-refractivity contribution >= 4 is 21.6 Å². The summed E-state index contributed by atoms with van der Waals surface area (Å²) in [7, 11) is -3.47. The molecule has 1 aromatic carbocycles. The van der Waals surface area contributed by atoms with Gasteiger partial charge >= 0.3 is 0 Å². The van der Waals surface area contributed by atoms with Crippen LogP contribution >= 0.6 is 0 Å². The van der Waals surface area contributed by atoms with Crippen molar-refractivity contribution in [3.63, 3.8) is 0 Å². The topological polar surface area (TPSA) is 93.5 Å². The molecular formula is C18H22N4O4S. The molecule has 1 aromatic heterocycles. The summed E-state index contributed by atoms with van der Waals surface area (Å²) >= 11 is 0. The Morgan fingerprint density at radius 2 is 1.93 bits per heavy atom. The molecule has 0 aliphatic carbocycles. The fourth-order valence-corrected chi connectivity index (χ4v) is 4.91. The van der Waals surface area contributed by atoms with Gasteiger partial charge in [-0.05, 0) is 43.5 Å². The molecule has 2 aliphatic rings. The van der Waals surface area contributed by atoms with Crippen LogP contribution in [0.3, 0.4) is 0 Å². The van der Waals surface area contributed by atoms with Crippen LogP contribution in [0.2, 0.25) is 0 Å². The third-order valence-corrected chi connectivity index (χ3v) is 6.87. The average Bonchev–Trinajstić information content (AvgIpc) is 3.42. The number of hydrogen-bond donors (Lipinski definition) is 1. The first-order valence-corrected chi connectivity index (χ1v) is 10.5. The molecule has 1 unspecified atom stereocenters. The molecule has 0 saturated carbocycles. The van der Waals surface area contributed by atoms with E-state index in [0.29, 0.717) is 30.9 Å². The SMILES string of the molecule is O=C(Nc1cnn(C2CCOC2)c1)c1ccc(S(=O)(=O)N2CCCC2)cc1. The lowest BCUT2D eigenvalue weighted by Crippen LogP contribution is -2.27. The molecule has 2 fully saturated rings. The van der Waals surface area contributed by atoms with E-state index in [-0.39, 0.29) is 16.8 Å². The number of nitrogens with one attached hydrogen (secondary N) is 1. The van der Waals surface area contributed by atoms with Crippen molar-refractivity contribution in [3.8, 4) is 0 Å². The van der Waals surface area contributed by atoms with Gasteiger partial charge in [-0.3, -0.25) is 9.48 Å². The third-order valence-electron chi connectivity index (χ3n) is 4.96. The maximum absolute atomic E-state index is 12.5. The molecule has 2 saturated heterocycles. The molecule has 27 heavy (non-hydrogen) atoms. The van der Waals surface area contributed by atoms with Crippen LogP contribution in [0.4, 0.5) is 5.69 Å². The Hall–Kier alpha value is -2.23. The van der Waals surface area contributed by atoms with Crippen LogP contribution in [0.1, 0.15) is 35.7 Å². The fraction of sp³-hybridized carbons (Fsp3) is 0.444. The standard InChI is InChI=1S/C18H22N4O4S/c23-18(20-15-11-19-22(12-15)16-7-10-26-13-16)14-3-5-17(6-4-14)27(24,25)21-8-1-2-9-21/h3-6,11-12,16H,1-2,7-10,13H2,(H,20,23). The van der Waals surface area contributed by atoms with Crippen LogP contribution in [0.25, 0.3) is 0 Å². The van der Waals surface area contributed by atoms with Gasteiger partial charge < -0.3 is 10.1 Å². The van der Waals surface area contributed by atoms with Crippen LogP contribution in [0.15, 0.2) is 41.6 Å². The minimum atomic E-state index is -3.47. The van der Waals surface area contributed by atoms with Crippen molar-refractivity contribution in [1.29, 1.82) is 0 Å². The van der Waals surface area contributed by atoms with Crippen LogP contribution in [0.5, 0.6) is 0 Å². The highest BCUT2D eigenvalue weighted by Crippen LogP contribution is 2.22. The molecule has 2 aliphatic heterocycles. The van der Waals surface area contributed by atoms with Gasteiger partial charge in [-0.25, -0.2) is 8.42 Å². The summed E-state index contributed by atoms with van der Waals surface area (Å²) in [6.45, 7) is 2.46. The molecule has 9 heteroatoms. The first-order chi connectivity index (χ1) is 13.0. The van der Waals surface area contributed by atoms with Crippen molar-refractivity contribution < 1.29 is 17.9 Å². The van der Waals surface area contributed by atoms with E-state index in [2.05, 4.69) is 10.4 Å². The van der Waals surface area contributed by atoms with E-state index in [1.807, 2.05) is 0 Å². The lowest BCUT2D eigenvalue weighted by molar-refractivity contribution is 0.102. The van der Waals surface area contributed by atoms with E-state index >= 15 is 0 Å². The van der Waals surface area contributed by atoms with Crippen LogP contribution < -0.4 is 5.32 Å². The van der Waals surface area contributed by atoms with Gasteiger partial charge in [-0.15, -0.1) is 0 Å². The van der Waals surface area contributed by atoms with Gasteiger partial charge in [0.1, 0.15) is 0 Å². The maximum Gasteiger partial charge on any atom is 0.255 e. The largest absolute Gasteiger partial charge is 0.379 e. The van der Waals surface area contributed by atoms with Gasteiger partial charge in [0.05, 0.1) is 29.4 Å². The lowest BCUT2D eigenvalue weighted by atomic mass is 10.2. The minimum absolute atomic E-state index is 0.200. The number of amides is 1. The van der Waals surface area contributed by atoms with Crippen LogP contribution in [0, 0.1) is 0 Å². The van der Waals surface area contributed by atoms with E-state index in [0.717, 1.165) is 25.9 Å². The van der Waals surface area contributed by atoms with Crippen molar-refractivity contribution in [2.24, 2.45) is 0 Å². The van der Waals surface area contributed by atoms with Crippen molar-refractivity contribution in [2.75, 3.05) is 31.6 Å². The predicted octanol–water partition coefficient (Wildman–Crippen LogP) is 1.88. The highest BCUT2D eigenvalue weighted by Gasteiger charge is 2.27. The molecule has 8 nitrogen and oxygen atoms in total. The monoisotopic (exact) mass is 390 g/mol. The number of aromatic nitrogens is 2. The average molecular weight is 390 g/mol. The summed E-state index contributed by atoms with van der Waals surface area (Å²) in [5, 5.41) is 7.06. The zero-order valence-corrected chi connectivity index (χ0v) is 15.7. The molecule has 0 bridgehead atoms. The van der Waals surface area contributed by atoms with Crippen molar-refractivity contribution in [1.82, 2.24) is 14.1 Å². The minimum Gasteiger partial charge on any atom is -0.379 e. The van der Waals surface area contributed by atoms with Gasteiger partial charge in [-0.1, -0.05) is 0 Å². The Morgan fingerprint density at radius 1 is 1.19 bits per heavy atom. The van der Waals surface area contributed by atoms with Gasteiger partial charge in [0.2, 0.25) is 10.0 Å². The number of rotatable bonds is 5. The van der Waals surface area contributed by atoms with E-state index in [4.69, 9.17) is 4.74 Å². The molecule has 1 atom stereocenters. The van der Waals surface area contributed by atoms with E-state index in [1.165, 1.54) is 28.6 Å². The number of hydrogen-bond acceptors (Lipinski definition) is 5. The predicted molar refractivity (Wildman–Crippen MR) is 99.1 cm³/mol. The smallest absolute Gasteiger partial charge is 0.255 e. The van der Waals surface area contributed by atoms with Gasteiger partial charge in [0.15, 0.2) is 0 Å². The Balaban J connectivity index is 1.43. The molecule has 1 amide bonds. The highest BCUT2D eigenvalue weighted by molar-refractivity contribution is 7.89. The second-order valence-electron chi connectivity index (χ2n) is 6.82. The van der Waals surface area contributed by atoms with E-state index in [1.54, 1.807) is 17.1 Å². The summed E-state index contributed by atoms with van der Waals surface area (Å²) in [5.74, 6) is -0.303. The molecule has 0 radical (unpaired) electrons. The molecule has 4 rings (SSSR count). The number of sulfonamides is 1. The van der Waals surface area contributed by atoms with Gasteiger partial charge in [0.25, 0.3) is 5.91 Å². The summed E-state index contributed by atoms with van der Waals surface area (Å²) in [6.07, 6.45) is 6.06. The van der Waals surface area contributed by atoms with Crippen molar-refractivity contribution in [3.05, 3.63) is 42.2 Å². The summed E-state index contributed by atoms with van der Waals surface area (Å²) < 4.78 is 33.7. The Kier molecular flexibility index (Phi) is 4.98. The second-order valence-corrected chi connectivity index (χ2v) is 8.75. The number of carbonyl (C=O) groups is 1. The summed E-state index contributed by atoms with van der Waals surface area (Å²) in [6, 6.07) is 6.25. The molecule has 1 N–H and O–H groups in total. The number of carbonyl (C=O) groups excluding carboxylic acids is 1.